The molecule has 0 bridgehead atoms. The summed E-state index contributed by atoms with van der Waals surface area (Å²) in [6.45, 7) is 5.15. The van der Waals surface area contributed by atoms with Gasteiger partial charge in [0, 0.05) is 32.2 Å². The number of carbonyl (C=O) groups is 1. The topological polar surface area (TPSA) is 79.4 Å². The number of anilines is 2. The van der Waals surface area contributed by atoms with Crippen molar-refractivity contribution >= 4 is 17.5 Å². The van der Waals surface area contributed by atoms with Crippen molar-refractivity contribution in [1.82, 2.24) is 15.3 Å². The predicted molar refractivity (Wildman–Crippen MR) is 102 cm³/mol. The van der Waals surface area contributed by atoms with E-state index in [0.29, 0.717) is 13.1 Å². The highest BCUT2D eigenvalue weighted by Gasteiger charge is 2.13. The zero-order chi connectivity index (χ0) is 18.2. The van der Waals surface area contributed by atoms with E-state index >= 15 is 0 Å². The van der Waals surface area contributed by atoms with Crippen molar-refractivity contribution in [1.29, 1.82) is 0 Å². The fourth-order valence-electron chi connectivity index (χ4n) is 2.87. The van der Waals surface area contributed by atoms with Gasteiger partial charge in [0.15, 0.2) is 6.61 Å². The van der Waals surface area contributed by atoms with Gasteiger partial charge in [0.25, 0.3) is 5.91 Å². The second-order valence-corrected chi connectivity index (χ2v) is 6.29. The summed E-state index contributed by atoms with van der Waals surface area (Å²) < 4.78 is 5.53. The molecule has 2 heterocycles. The molecule has 1 saturated heterocycles. The van der Waals surface area contributed by atoms with Gasteiger partial charge >= 0.3 is 0 Å². The van der Waals surface area contributed by atoms with Gasteiger partial charge in [0.1, 0.15) is 23.7 Å². The van der Waals surface area contributed by atoms with Crippen molar-refractivity contribution < 1.29 is 9.53 Å². The predicted octanol–water partition coefficient (Wildman–Crippen LogP) is 1.99. The van der Waals surface area contributed by atoms with Crippen LogP contribution in [0.5, 0.6) is 5.75 Å². The average Bonchev–Trinajstić information content (AvgIpc) is 3.20. The molecule has 26 heavy (non-hydrogen) atoms. The first-order valence-corrected chi connectivity index (χ1v) is 8.98. The minimum absolute atomic E-state index is 0.0114. The number of amides is 1. The molecule has 1 aliphatic heterocycles. The molecule has 1 aromatic carbocycles. The minimum Gasteiger partial charge on any atom is -0.484 e. The molecular formula is C19H25N5O2. The highest BCUT2D eigenvalue weighted by atomic mass is 16.5. The van der Waals surface area contributed by atoms with Crippen LogP contribution < -0.4 is 20.3 Å². The van der Waals surface area contributed by atoms with Gasteiger partial charge < -0.3 is 20.3 Å². The molecule has 0 radical (unpaired) electrons. The number of aromatic nitrogens is 2. The summed E-state index contributed by atoms with van der Waals surface area (Å²) >= 11 is 0. The summed E-state index contributed by atoms with van der Waals surface area (Å²) in [5.74, 6) is 2.31. The first-order valence-electron chi connectivity index (χ1n) is 8.98. The number of nitrogens with zero attached hydrogens (tertiary/aromatic N) is 3. The maximum atomic E-state index is 11.9. The number of rotatable bonds is 8. The Balaban J connectivity index is 1.36. The number of hydrogen-bond donors (Lipinski definition) is 2. The third kappa shape index (κ3) is 5.08. The summed E-state index contributed by atoms with van der Waals surface area (Å²) in [4.78, 5) is 22.7. The molecule has 0 saturated carbocycles. The fourth-order valence-corrected chi connectivity index (χ4v) is 2.87. The first-order chi connectivity index (χ1) is 12.7. The molecule has 3 rings (SSSR count). The number of para-hydroxylation sites is 1. The van der Waals surface area contributed by atoms with Crippen LogP contribution in [-0.2, 0) is 4.79 Å². The monoisotopic (exact) mass is 355 g/mol. The van der Waals surface area contributed by atoms with Crippen LogP contribution in [-0.4, -0.2) is 48.7 Å². The second-order valence-electron chi connectivity index (χ2n) is 6.29. The summed E-state index contributed by atoms with van der Waals surface area (Å²) in [6.07, 6.45) is 4.00. The number of aryl methyl sites for hydroxylation is 1. The Kier molecular flexibility index (Phi) is 6.24. The van der Waals surface area contributed by atoms with E-state index < -0.39 is 0 Å². The van der Waals surface area contributed by atoms with Gasteiger partial charge in [0.2, 0.25) is 0 Å². The Labute approximate surface area is 153 Å². The van der Waals surface area contributed by atoms with Gasteiger partial charge in [-0.15, -0.1) is 0 Å². The Morgan fingerprint density at radius 3 is 2.81 bits per heavy atom. The van der Waals surface area contributed by atoms with Crippen LogP contribution in [0.25, 0.3) is 0 Å². The number of carbonyl (C=O) groups excluding carboxylic acids is 1. The largest absolute Gasteiger partial charge is 0.484 e. The number of benzene rings is 1. The average molecular weight is 355 g/mol. The second kappa shape index (κ2) is 9.03. The van der Waals surface area contributed by atoms with E-state index in [-0.39, 0.29) is 12.5 Å². The van der Waals surface area contributed by atoms with Crippen LogP contribution in [0, 0.1) is 6.92 Å². The van der Waals surface area contributed by atoms with Crippen LogP contribution in [0.1, 0.15) is 18.4 Å². The van der Waals surface area contributed by atoms with E-state index in [0.717, 1.165) is 36.0 Å². The normalized spacial score (nSPS) is 13.5. The van der Waals surface area contributed by atoms with Crippen LogP contribution in [0.2, 0.25) is 0 Å². The van der Waals surface area contributed by atoms with Crippen LogP contribution in [0.15, 0.2) is 36.7 Å². The SMILES string of the molecule is Cc1ccccc1OCC(=O)NCCNc1cc(N2CCCC2)ncn1. The van der Waals surface area contributed by atoms with Gasteiger partial charge in [-0.25, -0.2) is 9.97 Å². The molecule has 7 nitrogen and oxygen atoms in total. The van der Waals surface area contributed by atoms with E-state index in [1.807, 2.05) is 37.3 Å². The minimum atomic E-state index is -0.143. The van der Waals surface area contributed by atoms with Crippen molar-refractivity contribution in [2.45, 2.75) is 19.8 Å². The third-order valence-electron chi connectivity index (χ3n) is 4.29. The van der Waals surface area contributed by atoms with Gasteiger partial charge in [-0.05, 0) is 31.4 Å². The molecule has 0 atom stereocenters. The molecule has 1 aliphatic rings. The Morgan fingerprint density at radius 1 is 1.19 bits per heavy atom. The highest BCUT2D eigenvalue weighted by molar-refractivity contribution is 5.77. The van der Waals surface area contributed by atoms with Crippen LogP contribution in [0.3, 0.4) is 0 Å². The van der Waals surface area contributed by atoms with Crippen molar-refractivity contribution in [3.8, 4) is 5.75 Å². The van der Waals surface area contributed by atoms with Gasteiger partial charge in [0.05, 0.1) is 0 Å². The Hall–Kier alpha value is -2.83. The smallest absolute Gasteiger partial charge is 0.258 e. The molecular weight excluding hydrogens is 330 g/mol. The number of ether oxygens (including phenoxy) is 1. The molecule has 1 aromatic heterocycles. The number of nitrogens with one attached hydrogen (secondary N) is 2. The highest BCUT2D eigenvalue weighted by Crippen LogP contribution is 2.19. The molecule has 1 amide bonds. The molecule has 0 unspecified atom stereocenters. The Bertz CT molecular complexity index is 731. The summed E-state index contributed by atoms with van der Waals surface area (Å²) in [5, 5.41) is 6.05. The zero-order valence-electron chi connectivity index (χ0n) is 15.1. The van der Waals surface area contributed by atoms with Crippen molar-refractivity contribution in [2.24, 2.45) is 0 Å². The van der Waals surface area contributed by atoms with E-state index in [2.05, 4.69) is 25.5 Å². The number of hydrogen-bond acceptors (Lipinski definition) is 6. The van der Waals surface area contributed by atoms with Gasteiger partial charge in [-0.1, -0.05) is 18.2 Å². The zero-order valence-corrected chi connectivity index (χ0v) is 15.1. The summed E-state index contributed by atoms with van der Waals surface area (Å²) in [6, 6.07) is 9.60. The lowest BCUT2D eigenvalue weighted by molar-refractivity contribution is -0.123. The quantitative estimate of drug-likeness (QED) is 0.705. The molecule has 2 aromatic rings. The standard InChI is InChI=1S/C19H25N5O2/c1-15-6-2-3-7-16(15)26-13-19(25)21-9-8-20-17-12-18(23-14-22-17)24-10-4-5-11-24/h2-3,6-7,12,14H,4-5,8-11,13H2,1H3,(H,21,25)(H,20,22,23). The Morgan fingerprint density at radius 2 is 2.00 bits per heavy atom. The molecule has 138 valence electrons. The lowest BCUT2D eigenvalue weighted by Gasteiger charge is -2.16. The van der Waals surface area contributed by atoms with Crippen molar-refractivity contribution in [2.75, 3.05) is 43.0 Å². The van der Waals surface area contributed by atoms with Crippen molar-refractivity contribution in [3.05, 3.63) is 42.2 Å². The van der Waals surface area contributed by atoms with Gasteiger partial charge in [-0.3, -0.25) is 4.79 Å². The molecule has 1 fully saturated rings. The molecule has 2 N–H and O–H groups in total. The van der Waals surface area contributed by atoms with Gasteiger partial charge in [-0.2, -0.15) is 0 Å². The molecule has 0 aliphatic carbocycles. The maximum absolute atomic E-state index is 11.9. The van der Waals surface area contributed by atoms with E-state index in [1.165, 1.54) is 12.8 Å². The fraction of sp³-hybridized carbons (Fsp3) is 0.421. The lowest BCUT2D eigenvalue weighted by atomic mass is 10.2. The lowest BCUT2D eigenvalue weighted by Crippen LogP contribution is -2.32. The van der Waals surface area contributed by atoms with E-state index in [9.17, 15) is 4.79 Å². The molecule has 7 heteroatoms. The van der Waals surface area contributed by atoms with E-state index in [1.54, 1.807) is 6.33 Å². The van der Waals surface area contributed by atoms with Crippen molar-refractivity contribution in [3.63, 3.8) is 0 Å². The first kappa shape index (κ1) is 18.0. The maximum Gasteiger partial charge on any atom is 0.258 e. The van der Waals surface area contributed by atoms with E-state index in [4.69, 9.17) is 4.74 Å². The third-order valence-corrected chi connectivity index (χ3v) is 4.29. The summed E-state index contributed by atoms with van der Waals surface area (Å²) in [7, 11) is 0. The van der Waals surface area contributed by atoms with Crippen LogP contribution >= 0.6 is 0 Å². The van der Waals surface area contributed by atoms with Crippen LogP contribution in [0.4, 0.5) is 11.6 Å². The summed E-state index contributed by atoms with van der Waals surface area (Å²) in [5.41, 5.74) is 1.01. The molecule has 0 spiro atoms.